The van der Waals surface area contributed by atoms with Gasteiger partial charge in [-0.1, -0.05) is 6.07 Å². The molecule has 0 radical (unpaired) electrons. The first-order valence-electron chi connectivity index (χ1n) is 5.48. The van der Waals surface area contributed by atoms with Gasteiger partial charge in [0.15, 0.2) is 6.10 Å². The lowest BCUT2D eigenvalue weighted by Gasteiger charge is -2.16. The molecule has 2 aromatic rings. The minimum atomic E-state index is -1.66. The second kappa shape index (κ2) is 5.17. The summed E-state index contributed by atoms with van der Waals surface area (Å²) in [6.07, 6.45) is -1.73. The van der Waals surface area contributed by atoms with Gasteiger partial charge < -0.3 is 20.7 Å². The molecule has 0 bridgehead atoms. The molecule has 1 heterocycles. The number of aliphatic hydroxyl groups excluding tert-OH is 2. The van der Waals surface area contributed by atoms with Crippen LogP contribution in [0.2, 0.25) is 0 Å². The average molecular weight is 263 g/mol. The van der Waals surface area contributed by atoms with Crippen LogP contribution in [0.5, 0.6) is 0 Å². The molecule has 1 aromatic carbocycles. The molecule has 2 unspecified atom stereocenters. The highest BCUT2D eigenvalue weighted by molar-refractivity contribution is 5.88. The number of aromatic nitrogens is 2. The van der Waals surface area contributed by atoms with Gasteiger partial charge in [0.05, 0.1) is 12.6 Å². The summed E-state index contributed by atoms with van der Waals surface area (Å²) in [5, 5.41) is 20.0. The lowest BCUT2D eigenvalue weighted by Crippen LogP contribution is -2.29. The highest BCUT2D eigenvalue weighted by Gasteiger charge is 2.26. The molecule has 0 saturated heterocycles. The van der Waals surface area contributed by atoms with Crippen molar-refractivity contribution >= 4 is 22.7 Å². The van der Waals surface area contributed by atoms with Gasteiger partial charge in [-0.3, -0.25) is 0 Å². The van der Waals surface area contributed by atoms with Crippen LogP contribution in [0.3, 0.4) is 0 Å². The number of esters is 1. The number of nitrogens with zero attached hydrogens (tertiary/aromatic N) is 2. The van der Waals surface area contributed by atoms with Gasteiger partial charge in [0.25, 0.3) is 0 Å². The Labute approximate surface area is 108 Å². The average Bonchev–Trinajstić information content (AvgIpc) is 2.45. The molecule has 7 heteroatoms. The molecule has 0 fully saturated rings. The predicted molar refractivity (Wildman–Crippen MR) is 66.9 cm³/mol. The number of fused-ring (bicyclic) bond motifs is 1. The number of aliphatic hydroxyl groups is 2. The molecule has 4 N–H and O–H groups in total. The first-order valence-corrected chi connectivity index (χ1v) is 5.48. The fraction of sp³-hybridized carbons (Fsp3) is 0.250. The standard InChI is InChI=1S/C12H13N3O4/c1-19-12(18)10(17)9(16)6-2-3-8-7(4-6)11(13)15-5-14-8/h2-5,9-10,16-17H,1H3,(H2,13,14,15). The van der Waals surface area contributed by atoms with Gasteiger partial charge in [-0.2, -0.15) is 0 Å². The van der Waals surface area contributed by atoms with Crippen LogP contribution in [0.4, 0.5) is 5.82 Å². The van der Waals surface area contributed by atoms with Gasteiger partial charge in [0.1, 0.15) is 18.2 Å². The van der Waals surface area contributed by atoms with E-state index in [9.17, 15) is 15.0 Å². The van der Waals surface area contributed by atoms with Crippen molar-refractivity contribution in [2.24, 2.45) is 0 Å². The molecule has 0 amide bonds. The number of nitrogen functional groups attached to an aromatic ring is 1. The highest BCUT2D eigenvalue weighted by Crippen LogP contribution is 2.24. The largest absolute Gasteiger partial charge is 0.467 e. The van der Waals surface area contributed by atoms with Crippen molar-refractivity contribution in [2.45, 2.75) is 12.2 Å². The van der Waals surface area contributed by atoms with Gasteiger partial charge >= 0.3 is 5.97 Å². The van der Waals surface area contributed by atoms with Crippen molar-refractivity contribution in [1.82, 2.24) is 9.97 Å². The molecule has 0 aliphatic heterocycles. The number of nitrogens with two attached hydrogens (primary N) is 1. The van der Waals surface area contributed by atoms with E-state index in [1.165, 1.54) is 12.4 Å². The van der Waals surface area contributed by atoms with Crippen LogP contribution in [0, 0.1) is 0 Å². The zero-order valence-electron chi connectivity index (χ0n) is 10.1. The molecule has 0 saturated carbocycles. The Bertz CT molecular complexity index is 617. The van der Waals surface area contributed by atoms with Crippen LogP contribution in [0.15, 0.2) is 24.5 Å². The summed E-state index contributed by atoms with van der Waals surface area (Å²) in [7, 11) is 1.13. The van der Waals surface area contributed by atoms with E-state index in [-0.39, 0.29) is 5.82 Å². The number of benzene rings is 1. The monoisotopic (exact) mass is 263 g/mol. The van der Waals surface area contributed by atoms with E-state index in [0.717, 1.165) is 7.11 Å². The van der Waals surface area contributed by atoms with E-state index in [1.807, 2.05) is 0 Å². The number of rotatable bonds is 3. The van der Waals surface area contributed by atoms with E-state index in [1.54, 1.807) is 12.1 Å². The lowest BCUT2D eigenvalue weighted by molar-refractivity contribution is -0.156. The quantitative estimate of drug-likeness (QED) is 0.655. The second-order valence-electron chi connectivity index (χ2n) is 3.95. The first-order chi connectivity index (χ1) is 9.04. The maximum absolute atomic E-state index is 11.2. The maximum atomic E-state index is 11.2. The zero-order valence-corrected chi connectivity index (χ0v) is 10.1. The van der Waals surface area contributed by atoms with Crippen LogP contribution in [0.25, 0.3) is 10.9 Å². The van der Waals surface area contributed by atoms with Crippen molar-refractivity contribution < 1.29 is 19.7 Å². The first kappa shape index (κ1) is 13.2. The fourth-order valence-corrected chi connectivity index (χ4v) is 1.71. The van der Waals surface area contributed by atoms with E-state index in [2.05, 4.69) is 14.7 Å². The number of anilines is 1. The van der Waals surface area contributed by atoms with Gasteiger partial charge in [-0.15, -0.1) is 0 Å². The molecule has 0 spiro atoms. The summed E-state index contributed by atoms with van der Waals surface area (Å²) in [6.45, 7) is 0. The number of carbonyl (C=O) groups excluding carboxylic acids is 1. The van der Waals surface area contributed by atoms with Crippen molar-refractivity contribution in [1.29, 1.82) is 0 Å². The van der Waals surface area contributed by atoms with Crippen LogP contribution >= 0.6 is 0 Å². The van der Waals surface area contributed by atoms with Crippen LogP contribution in [-0.4, -0.2) is 39.4 Å². The molecule has 1 aromatic heterocycles. The number of carbonyl (C=O) groups is 1. The Kier molecular flexibility index (Phi) is 3.59. The van der Waals surface area contributed by atoms with Crippen molar-refractivity contribution in [3.63, 3.8) is 0 Å². The highest BCUT2D eigenvalue weighted by atomic mass is 16.5. The summed E-state index contributed by atoms with van der Waals surface area (Å²) in [5.41, 5.74) is 6.63. The Morgan fingerprint density at radius 1 is 1.37 bits per heavy atom. The summed E-state index contributed by atoms with van der Waals surface area (Å²) >= 11 is 0. The van der Waals surface area contributed by atoms with Crippen molar-refractivity contribution in [3.8, 4) is 0 Å². The number of hydrogen-bond donors (Lipinski definition) is 3. The van der Waals surface area contributed by atoms with Crippen LogP contribution < -0.4 is 5.73 Å². The minimum Gasteiger partial charge on any atom is -0.467 e. The van der Waals surface area contributed by atoms with Gasteiger partial charge in [0.2, 0.25) is 0 Å². The molecule has 19 heavy (non-hydrogen) atoms. The molecule has 0 aliphatic rings. The zero-order chi connectivity index (χ0) is 14.0. The molecule has 2 rings (SSSR count). The smallest absolute Gasteiger partial charge is 0.337 e. The van der Waals surface area contributed by atoms with E-state index < -0.39 is 18.2 Å². The Morgan fingerprint density at radius 2 is 2.11 bits per heavy atom. The third kappa shape index (κ3) is 2.47. The molecular weight excluding hydrogens is 250 g/mol. The molecule has 0 aliphatic carbocycles. The summed E-state index contributed by atoms with van der Waals surface area (Å²) in [5.74, 6) is -0.656. The maximum Gasteiger partial charge on any atom is 0.337 e. The van der Waals surface area contributed by atoms with E-state index in [4.69, 9.17) is 5.73 Å². The van der Waals surface area contributed by atoms with Gasteiger partial charge in [-0.25, -0.2) is 14.8 Å². The normalized spacial score (nSPS) is 14.1. The molecular formula is C12H13N3O4. The number of methoxy groups -OCH3 is 1. The van der Waals surface area contributed by atoms with Crippen LogP contribution in [0.1, 0.15) is 11.7 Å². The van der Waals surface area contributed by atoms with Crippen molar-refractivity contribution in [3.05, 3.63) is 30.1 Å². The summed E-state index contributed by atoms with van der Waals surface area (Å²) in [6, 6.07) is 4.70. The fourth-order valence-electron chi connectivity index (χ4n) is 1.71. The minimum absolute atomic E-state index is 0.256. The molecule has 2 atom stereocenters. The second-order valence-corrected chi connectivity index (χ2v) is 3.95. The molecule has 7 nitrogen and oxygen atoms in total. The van der Waals surface area contributed by atoms with E-state index in [0.29, 0.717) is 16.5 Å². The SMILES string of the molecule is COC(=O)C(O)C(O)c1ccc2ncnc(N)c2c1. The third-order valence-electron chi connectivity index (χ3n) is 2.77. The summed E-state index contributed by atoms with van der Waals surface area (Å²) < 4.78 is 4.37. The number of hydrogen-bond acceptors (Lipinski definition) is 7. The third-order valence-corrected chi connectivity index (χ3v) is 2.77. The Balaban J connectivity index is 2.40. The summed E-state index contributed by atoms with van der Waals surface area (Å²) in [4.78, 5) is 19.0. The molecule has 100 valence electrons. The van der Waals surface area contributed by atoms with Crippen LogP contribution in [-0.2, 0) is 9.53 Å². The number of ether oxygens (including phenoxy) is 1. The Morgan fingerprint density at radius 3 is 2.79 bits per heavy atom. The van der Waals surface area contributed by atoms with Crippen molar-refractivity contribution in [2.75, 3.05) is 12.8 Å². The van der Waals surface area contributed by atoms with Gasteiger partial charge in [0, 0.05) is 5.39 Å². The predicted octanol–water partition coefficient (Wildman–Crippen LogP) is -0.221. The topological polar surface area (TPSA) is 119 Å². The Hall–Kier alpha value is -2.25. The van der Waals surface area contributed by atoms with Gasteiger partial charge in [-0.05, 0) is 17.7 Å². The lowest BCUT2D eigenvalue weighted by atomic mass is 10.0. The van der Waals surface area contributed by atoms with E-state index >= 15 is 0 Å².